The van der Waals surface area contributed by atoms with E-state index in [1.165, 1.54) is 5.56 Å². The fourth-order valence-electron chi connectivity index (χ4n) is 4.91. The predicted molar refractivity (Wildman–Crippen MR) is 136 cm³/mol. The fraction of sp³-hybridized carbons (Fsp3) is 0.444. The summed E-state index contributed by atoms with van der Waals surface area (Å²) >= 11 is 0. The molecule has 2 saturated heterocycles. The molecule has 5 rings (SSSR count). The monoisotopic (exact) mass is 475 g/mol. The number of anilines is 1. The molecule has 0 bridgehead atoms. The number of benzene rings is 2. The number of fused-ring (bicyclic) bond motifs is 1. The summed E-state index contributed by atoms with van der Waals surface area (Å²) in [6, 6.07) is 14.4. The Morgan fingerprint density at radius 1 is 1.00 bits per heavy atom. The van der Waals surface area contributed by atoms with Crippen LogP contribution >= 0.6 is 0 Å². The lowest BCUT2D eigenvalue weighted by molar-refractivity contribution is 0.0963. The minimum absolute atomic E-state index is 0.0215. The summed E-state index contributed by atoms with van der Waals surface area (Å²) in [5, 5.41) is 4.40. The summed E-state index contributed by atoms with van der Waals surface area (Å²) in [6.45, 7) is 5.29. The van der Waals surface area contributed by atoms with Gasteiger partial charge in [-0.1, -0.05) is 30.3 Å². The number of methoxy groups -OCH3 is 1. The van der Waals surface area contributed by atoms with Crippen LogP contribution in [0.3, 0.4) is 0 Å². The maximum atomic E-state index is 12.7. The molecule has 1 atom stereocenters. The first-order chi connectivity index (χ1) is 17.1. The highest BCUT2D eigenvalue weighted by Crippen LogP contribution is 2.36. The molecule has 0 saturated carbocycles. The normalized spacial score (nSPS) is 17.4. The Labute approximate surface area is 206 Å². The summed E-state index contributed by atoms with van der Waals surface area (Å²) in [5.41, 5.74) is 1.97. The van der Waals surface area contributed by atoms with Gasteiger partial charge >= 0.3 is 6.03 Å². The number of ether oxygens (including phenoxy) is 2. The number of amides is 2. The van der Waals surface area contributed by atoms with E-state index in [1.54, 1.807) is 13.4 Å². The van der Waals surface area contributed by atoms with Crippen LogP contribution in [-0.2, 0) is 0 Å². The Morgan fingerprint density at radius 2 is 1.71 bits per heavy atom. The average Bonchev–Trinajstić information content (AvgIpc) is 3.44. The molecule has 2 aliphatic rings. The van der Waals surface area contributed by atoms with Crippen LogP contribution in [0.25, 0.3) is 10.9 Å². The lowest BCUT2D eigenvalue weighted by Crippen LogP contribution is -2.47. The molecule has 2 aromatic carbocycles. The molecule has 1 aromatic heterocycles. The van der Waals surface area contributed by atoms with Gasteiger partial charge in [-0.25, -0.2) is 14.8 Å². The van der Waals surface area contributed by atoms with E-state index in [0.717, 1.165) is 55.5 Å². The molecule has 0 aliphatic carbocycles. The van der Waals surface area contributed by atoms with Crippen molar-refractivity contribution >= 4 is 22.8 Å². The molecule has 8 nitrogen and oxygen atoms in total. The largest absolute Gasteiger partial charge is 0.493 e. The third-order valence-corrected chi connectivity index (χ3v) is 6.96. The number of aromatic nitrogens is 2. The van der Waals surface area contributed by atoms with Crippen molar-refractivity contribution in [3.8, 4) is 11.5 Å². The lowest BCUT2D eigenvalue weighted by Gasteiger charge is -2.34. The van der Waals surface area contributed by atoms with Crippen molar-refractivity contribution in [1.29, 1.82) is 0 Å². The molecule has 0 unspecified atom stereocenters. The summed E-state index contributed by atoms with van der Waals surface area (Å²) in [5.74, 6) is 2.08. The molecule has 2 fully saturated rings. The van der Waals surface area contributed by atoms with Gasteiger partial charge in [-0.2, -0.15) is 0 Å². The molecular weight excluding hydrogens is 442 g/mol. The molecule has 35 heavy (non-hydrogen) atoms. The van der Waals surface area contributed by atoms with E-state index in [-0.39, 0.29) is 18.2 Å². The zero-order valence-corrected chi connectivity index (χ0v) is 20.4. The minimum Gasteiger partial charge on any atom is -0.493 e. The number of carbonyl (C=O) groups is 1. The first kappa shape index (κ1) is 23.2. The van der Waals surface area contributed by atoms with Gasteiger partial charge in [0.15, 0.2) is 11.5 Å². The maximum absolute atomic E-state index is 12.7. The van der Waals surface area contributed by atoms with Gasteiger partial charge in [-0.15, -0.1) is 0 Å². The molecular formula is C27H33N5O3. The van der Waals surface area contributed by atoms with Gasteiger partial charge in [-0.3, -0.25) is 0 Å². The van der Waals surface area contributed by atoms with Gasteiger partial charge in [0, 0.05) is 56.5 Å². The molecule has 3 aromatic rings. The molecule has 0 spiro atoms. The van der Waals surface area contributed by atoms with Gasteiger partial charge in [0.25, 0.3) is 0 Å². The SMILES string of the molecule is COc1cc2ncnc(N[C@H](C)c3ccccc3)c2cc1OC1CCN(C(=O)N2CCCC2)CC1. The molecule has 2 aliphatic heterocycles. The Bertz CT molecular complexity index is 1160. The number of piperidine rings is 1. The van der Waals surface area contributed by atoms with E-state index in [9.17, 15) is 4.79 Å². The van der Waals surface area contributed by atoms with Crippen LogP contribution in [0.4, 0.5) is 10.6 Å². The van der Waals surface area contributed by atoms with Gasteiger partial charge < -0.3 is 24.6 Å². The molecule has 1 N–H and O–H groups in total. The van der Waals surface area contributed by atoms with Gasteiger partial charge in [0.1, 0.15) is 18.2 Å². The van der Waals surface area contributed by atoms with E-state index in [1.807, 2.05) is 40.1 Å². The summed E-state index contributed by atoms with van der Waals surface area (Å²) < 4.78 is 12.1. The van der Waals surface area contributed by atoms with E-state index < -0.39 is 0 Å². The molecule has 8 heteroatoms. The standard InChI is InChI=1S/C27H33N5O3/c1-19(20-8-4-3-5-9-20)30-26-22-16-25(24(34-2)17-23(22)28-18-29-26)35-21-10-14-32(15-11-21)27(33)31-12-6-7-13-31/h3-5,8-9,16-19,21H,6-7,10-15H2,1-2H3,(H,28,29,30)/t19-/m1/s1. The number of hydrogen-bond acceptors (Lipinski definition) is 6. The average molecular weight is 476 g/mol. The van der Waals surface area contributed by atoms with Crippen molar-refractivity contribution in [2.75, 3.05) is 38.6 Å². The third kappa shape index (κ3) is 5.11. The highest BCUT2D eigenvalue weighted by Gasteiger charge is 2.29. The summed E-state index contributed by atoms with van der Waals surface area (Å²) in [4.78, 5) is 25.6. The Kier molecular flexibility index (Phi) is 6.88. The Hall–Kier alpha value is -3.55. The van der Waals surface area contributed by atoms with E-state index in [2.05, 4.69) is 34.3 Å². The second-order valence-corrected chi connectivity index (χ2v) is 9.30. The Morgan fingerprint density at radius 3 is 2.43 bits per heavy atom. The smallest absolute Gasteiger partial charge is 0.320 e. The van der Waals surface area contributed by atoms with Crippen LogP contribution in [0, 0.1) is 0 Å². The topological polar surface area (TPSA) is 79.8 Å². The fourth-order valence-corrected chi connectivity index (χ4v) is 4.91. The number of likely N-dealkylation sites (tertiary alicyclic amines) is 2. The lowest BCUT2D eigenvalue weighted by atomic mass is 10.1. The zero-order chi connectivity index (χ0) is 24.2. The predicted octanol–water partition coefficient (Wildman–Crippen LogP) is 4.87. The number of hydrogen-bond donors (Lipinski definition) is 1. The quantitative estimate of drug-likeness (QED) is 0.548. The van der Waals surface area contributed by atoms with Crippen molar-refractivity contribution in [2.24, 2.45) is 0 Å². The Balaban J connectivity index is 1.31. The van der Waals surface area contributed by atoms with E-state index in [4.69, 9.17) is 9.47 Å². The van der Waals surface area contributed by atoms with Crippen molar-refractivity contribution in [2.45, 2.75) is 44.8 Å². The number of nitrogens with zero attached hydrogens (tertiary/aromatic N) is 4. The second-order valence-electron chi connectivity index (χ2n) is 9.30. The minimum atomic E-state index is 0.0215. The van der Waals surface area contributed by atoms with Crippen molar-refractivity contribution in [1.82, 2.24) is 19.8 Å². The second kappa shape index (κ2) is 10.4. The third-order valence-electron chi connectivity index (χ3n) is 6.96. The highest BCUT2D eigenvalue weighted by molar-refractivity contribution is 5.91. The van der Waals surface area contributed by atoms with Crippen molar-refractivity contribution in [3.05, 3.63) is 54.4 Å². The number of nitrogens with one attached hydrogen (secondary N) is 1. The van der Waals surface area contributed by atoms with Crippen LogP contribution in [0.1, 0.15) is 44.2 Å². The number of urea groups is 1. The summed E-state index contributed by atoms with van der Waals surface area (Å²) in [6.07, 6.45) is 5.39. The first-order valence-electron chi connectivity index (χ1n) is 12.5. The van der Waals surface area contributed by atoms with Gasteiger partial charge in [0.2, 0.25) is 0 Å². The van der Waals surface area contributed by atoms with E-state index >= 15 is 0 Å². The molecule has 2 amide bonds. The van der Waals surface area contributed by atoms with Crippen LogP contribution in [0.5, 0.6) is 11.5 Å². The van der Waals surface area contributed by atoms with Gasteiger partial charge in [0.05, 0.1) is 12.6 Å². The highest BCUT2D eigenvalue weighted by atomic mass is 16.5. The van der Waals surface area contributed by atoms with Crippen LogP contribution < -0.4 is 14.8 Å². The van der Waals surface area contributed by atoms with E-state index in [0.29, 0.717) is 24.6 Å². The molecule has 3 heterocycles. The summed E-state index contributed by atoms with van der Waals surface area (Å²) in [7, 11) is 1.64. The van der Waals surface area contributed by atoms with Crippen LogP contribution in [-0.4, -0.2) is 65.2 Å². The van der Waals surface area contributed by atoms with Crippen LogP contribution in [0.15, 0.2) is 48.8 Å². The number of carbonyl (C=O) groups excluding carboxylic acids is 1. The van der Waals surface area contributed by atoms with Crippen LogP contribution in [0.2, 0.25) is 0 Å². The van der Waals surface area contributed by atoms with Gasteiger partial charge in [-0.05, 0) is 31.4 Å². The molecule has 0 radical (unpaired) electrons. The van der Waals surface area contributed by atoms with Crippen molar-refractivity contribution < 1.29 is 14.3 Å². The van der Waals surface area contributed by atoms with Crippen molar-refractivity contribution in [3.63, 3.8) is 0 Å². The maximum Gasteiger partial charge on any atom is 0.320 e. The first-order valence-corrected chi connectivity index (χ1v) is 12.5. The number of rotatable bonds is 6. The molecule has 184 valence electrons. The zero-order valence-electron chi connectivity index (χ0n) is 20.4.